The summed E-state index contributed by atoms with van der Waals surface area (Å²) in [6.07, 6.45) is 4.31. The second-order valence-electron chi connectivity index (χ2n) is 4.83. The first-order valence-electron chi connectivity index (χ1n) is 6.66. The molecule has 1 saturated heterocycles. The standard InChI is InChI=1S/C14H17ClN2O3/c15-12-6-5-10(9-11(12)13(18)19)16-14(20)17-7-3-1-2-4-8-17/h5-6,9H,1-4,7-8H2,(H,16,20)(H,18,19). The highest BCUT2D eigenvalue weighted by atomic mass is 35.5. The van der Waals surface area contributed by atoms with Gasteiger partial charge in [0.25, 0.3) is 0 Å². The van der Waals surface area contributed by atoms with Crippen LogP contribution in [0.3, 0.4) is 0 Å². The van der Waals surface area contributed by atoms with Crippen LogP contribution < -0.4 is 5.32 Å². The number of anilines is 1. The molecule has 1 aromatic carbocycles. The van der Waals surface area contributed by atoms with E-state index < -0.39 is 5.97 Å². The molecular formula is C14H17ClN2O3. The van der Waals surface area contributed by atoms with Gasteiger partial charge >= 0.3 is 12.0 Å². The second kappa shape index (κ2) is 6.61. The molecule has 1 aromatic rings. The Hall–Kier alpha value is -1.75. The highest BCUT2D eigenvalue weighted by Gasteiger charge is 2.16. The Morgan fingerprint density at radius 2 is 1.80 bits per heavy atom. The molecule has 5 nitrogen and oxygen atoms in total. The van der Waals surface area contributed by atoms with Gasteiger partial charge in [-0.25, -0.2) is 9.59 Å². The summed E-state index contributed by atoms with van der Waals surface area (Å²) in [5.74, 6) is -1.11. The number of hydrogen-bond acceptors (Lipinski definition) is 2. The van der Waals surface area contributed by atoms with E-state index in [0.717, 1.165) is 38.8 Å². The summed E-state index contributed by atoms with van der Waals surface area (Å²) in [7, 11) is 0. The van der Waals surface area contributed by atoms with Crippen LogP contribution in [0.4, 0.5) is 10.5 Å². The number of nitrogens with one attached hydrogen (secondary N) is 1. The van der Waals surface area contributed by atoms with Crippen molar-refractivity contribution >= 4 is 29.3 Å². The average Bonchev–Trinajstić information content (AvgIpc) is 2.69. The zero-order chi connectivity index (χ0) is 14.5. The monoisotopic (exact) mass is 296 g/mol. The Balaban J connectivity index is 2.07. The molecule has 0 bridgehead atoms. The predicted octanol–water partition coefficient (Wildman–Crippen LogP) is 3.45. The van der Waals surface area contributed by atoms with Gasteiger partial charge in [0, 0.05) is 18.8 Å². The second-order valence-corrected chi connectivity index (χ2v) is 5.24. The SMILES string of the molecule is O=C(O)c1cc(NC(=O)N2CCCCCC2)ccc1Cl. The molecule has 0 aliphatic carbocycles. The van der Waals surface area contributed by atoms with Gasteiger partial charge in [0.1, 0.15) is 0 Å². The molecule has 2 rings (SSSR count). The summed E-state index contributed by atoms with van der Waals surface area (Å²) in [4.78, 5) is 24.9. The van der Waals surface area contributed by atoms with E-state index in [0.29, 0.717) is 5.69 Å². The molecule has 0 unspecified atom stereocenters. The molecule has 1 aliphatic heterocycles. The molecule has 6 heteroatoms. The van der Waals surface area contributed by atoms with Crippen molar-refractivity contribution in [2.45, 2.75) is 25.7 Å². The summed E-state index contributed by atoms with van der Waals surface area (Å²) in [6, 6.07) is 4.26. The van der Waals surface area contributed by atoms with Crippen molar-refractivity contribution in [2.75, 3.05) is 18.4 Å². The number of carboxylic acid groups (broad SMARTS) is 1. The van der Waals surface area contributed by atoms with Gasteiger partial charge in [-0.1, -0.05) is 24.4 Å². The molecule has 0 radical (unpaired) electrons. The molecular weight excluding hydrogens is 280 g/mol. The highest BCUT2D eigenvalue weighted by Crippen LogP contribution is 2.21. The Bertz CT molecular complexity index is 511. The number of nitrogens with zero attached hydrogens (tertiary/aromatic N) is 1. The van der Waals surface area contributed by atoms with Crippen molar-refractivity contribution in [1.82, 2.24) is 4.90 Å². The molecule has 0 aromatic heterocycles. The third-order valence-corrected chi connectivity index (χ3v) is 3.67. The normalized spacial score (nSPS) is 15.6. The van der Waals surface area contributed by atoms with Gasteiger partial charge in [-0.2, -0.15) is 0 Å². The van der Waals surface area contributed by atoms with Gasteiger partial charge in [0.05, 0.1) is 10.6 Å². The minimum absolute atomic E-state index is 0.0136. The maximum atomic E-state index is 12.1. The average molecular weight is 297 g/mol. The van der Waals surface area contributed by atoms with Crippen LogP contribution in [0.15, 0.2) is 18.2 Å². The molecule has 0 saturated carbocycles. The largest absolute Gasteiger partial charge is 0.478 e. The van der Waals surface area contributed by atoms with E-state index in [9.17, 15) is 9.59 Å². The summed E-state index contributed by atoms with van der Waals surface area (Å²) in [5.41, 5.74) is 0.432. The maximum absolute atomic E-state index is 12.1. The van der Waals surface area contributed by atoms with Gasteiger partial charge < -0.3 is 15.3 Å². The van der Waals surface area contributed by atoms with E-state index in [2.05, 4.69) is 5.32 Å². The van der Waals surface area contributed by atoms with Gasteiger partial charge in [-0.15, -0.1) is 0 Å². The van der Waals surface area contributed by atoms with Crippen molar-refractivity contribution in [2.24, 2.45) is 0 Å². The van der Waals surface area contributed by atoms with Crippen LogP contribution in [0, 0.1) is 0 Å². The summed E-state index contributed by atoms with van der Waals surface area (Å²) < 4.78 is 0. The van der Waals surface area contributed by atoms with Crippen LogP contribution in [-0.2, 0) is 0 Å². The van der Waals surface area contributed by atoms with E-state index in [1.807, 2.05) is 0 Å². The first kappa shape index (κ1) is 14.7. The zero-order valence-corrected chi connectivity index (χ0v) is 11.8. The molecule has 1 heterocycles. The smallest absolute Gasteiger partial charge is 0.337 e. The lowest BCUT2D eigenvalue weighted by Crippen LogP contribution is -2.35. The zero-order valence-electron chi connectivity index (χ0n) is 11.1. The lowest BCUT2D eigenvalue weighted by atomic mass is 10.2. The minimum Gasteiger partial charge on any atom is -0.478 e. The molecule has 0 atom stereocenters. The van der Waals surface area contributed by atoms with Gasteiger partial charge in [-0.3, -0.25) is 0 Å². The van der Waals surface area contributed by atoms with Crippen molar-refractivity contribution < 1.29 is 14.7 Å². The maximum Gasteiger partial charge on any atom is 0.337 e. The third-order valence-electron chi connectivity index (χ3n) is 3.34. The fraction of sp³-hybridized carbons (Fsp3) is 0.429. The number of hydrogen-bond donors (Lipinski definition) is 2. The topological polar surface area (TPSA) is 69.6 Å². The van der Waals surface area contributed by atoms with Crippen LogP contribution in [0.25, 0.3) is 0 Å². The molecule has 20 heavy (non-hydrogen) atoms. The molecule has 1 aliphatic rings. The summed E-state index contributed by atoms with van der Waals surface area (Å²) in [5, 5.41) is 11.9. The van der Waals surface area contributed by atoms with Gasteiger partial charge in [-0.05, 0) is 31.0 Å². The van der Waals surface area contributed by atoms with Gasteiger partial charge in [0.15, 0.2) is 0 Å². The number of aromatic carboxylic acids is 1. The third kappa shape index (κ3) is 3.63. The number of carboxylic acids is 1. The number of carbonyl (C=O) groups excluding carboxylic acids is 1. The Kier molecular flexibility index (Phi) is 4.84. The Morgan fingerprint density at radius 3 is 2.40 bits per heavy atom. The molecule has 1 fully saturated rings. The van der Waals surface area contributed by atoms with E-state index in [-0.39, 0.29) is 16.6 Å². The van der Waals surface area contributed by atoms with Gasteiger partial charge in [0.2, 0.25) is 0 Å². The van der Waals surface area contributed by atoms with Crippen molar-refractivity contribution in [3.8, 4) is 0 Å². The van der Waals surface area contributed by atoms with Crippen molar-refractivity contribution in [3.63, 3.8) is 0 Å². The number of carbonyl (C=O) groups is 2. The molecule has 0 spiro atoms. The first-order valence-corrected chi connectivity index (χ1v) is 7.04. The van der Waals surface area contributed by atoms with Crippen LogP contribution in [-0.4, -0.2) is 35.1 Å². The van der Waals surface area contributed by atoms with Crippen molar-refractivity contribution in [3.05, 3.63) is 28.8 Å². The van der Waals surface area contributed by atoms with Crippen LogP contribution in [0.5, 0.6) is 0 Å². The van der Waals surface area contributed by atoms with Crippen molar-refractivity contribution in [1.29, 1.82) is 0 Å². The lowest BCUT2D eigenvalue weighted by Gasteiger charge is -2.21. The minimum atomic E-state index is -1.11. The van der Waals surface area contributed by atoms with E-state index in [1.54, 1.807) is 11.0 Å². The van der Waals surface area contributed by atoms with E-state index in [1.165, 1.54) is 12.1 Å². The molecule has 2 amide bonds. The summed E-state index contributed by atoms with van der Waals surface area (Å²) >= 11 is 5.79. The lowest BCUT2D eigenvalue weighted by molar-refractivity contribution is 0.0697. The highest BCUT2D eigenvalue weighted by molar-refractivity contribution is 6.33. The number of urea groups is 1. The number of benzene rings is 1. The number of amides is 2. The molecule has 108 valence electrons. The Morgan fingerprint density at radius 1 is 1.15 bits per heavy atom. The summed E-state index contributed by atoms with van der Waals surface area (Å²) in [6.45, 7) is 1.48. The van der Waals surface area contributed by atoms with E-state index >= 15 is 0 Å². The number of likely N-dealkylation sites (tertiary alicyclic amines) is 1. The van der Waals surface area contributed by atoms with E-state index in [4.69, 9.17) is 16.7 Å². The van der Waals surface area contributed by atoms with Crippen LogP contribution in [0.1, 0.15) is 36.0 Å². The van der Waals surface area contributed by atoms with Crippen LogP contribution in [0.2, 0.25) is 5.02 Å². The van der Waals surface area contributed by atoms with Crippen LogP contribution >= 0.6 is 11.6 Å². The number of rotatable bonds is 2. The Labute approximate surface area is 122 Å². The first-order chi connectivity index (χ1) is 9.58. The fourth-order valence-electron chi connectivity index (χ4n) is 2.24. The quantitative estimate of drug-likeness (QED) is 0.878. The molecule has 2 N–H and O–H groups in total. The fourth-order valence-corrected chi connectivity index (χ4v) is 2.44. The number of halogens is 1. The predicted molar refractivity (Wildman–Crippen MR) is 77.5 cm³/mol.